The minimum Gasteiger partial charge on any atom is -0.491 e. The lowest BCUT2D eigenvalue weighted by Crippen LogP contribution is -2.41. The number of alkyl halides is 3. The van der Waals surface area contributed by atoms with Crippen molar-refractivity contribution in [2.24, 2.45) is 10.9 Å². The first-order valence-corrected chi connectivity index (χ1v) is 11.1. The lowest BCUT2D eigenvalue weighted by Gasteiger charge is -2.23. The maximum atomic E-state index is 12.8. The summed E-state index contributed by atoms with van der Waals surface area (Å²) in [7, 11) is 0. The van der Waals surface area contributed by atoms with Crippen molar-refractivity contribution in [3.8, 4) is 5.75 Å². The third-order valence-corrected chi connectivity index (χ3v) is 5.69. The molecule has 2 aliphatic rings. The van der Waals surface area contributed by atoms with Gasteiger partial charge in [0.1, 0.15) is 18.5 Å². The van der Waals surface area contributed by atoms with Gasteiger partial charge >= 0.3 is 6.18 Å². The fraction of sp³-hybridized carbons (Fsp3) is 0.682. The zero-order valence-electron chi connectivity index (χ0n) is 18.5. The molecule has 0 radical (unpaired) electrons. The van der Waals surface area contributed by atoms with Gasteiger partial charge in [0.2, 0.25) is 0 Å². The van der Waals surface area contributed by atoms with Crippen LogP contribution in [0.5, 0.6) is 5.75 Å². The van der Waals surface area contributed by atoms with Crippen LogP contribution in [0.25, 0.3) is 0 Å². The molecule has 2 fully saturated rings. The molecule has 0 saturated carbocycles. The Bertz CT molecular complexity index is 729. The first kappa shape index (κ1) is 27.0. The van der Waals surface area contributed by atoms with Gasteiger partial charge in [-0.25, -0.2) is 0 Å². The summed E-state index contributed by atoms with van der Waals surface area (Å²) in [6.07, 6.45) is -1.62. The highest BCUT2D eigenvalue weighted by Crippen LogP contribution is 2.31. The first-order valence-electron chi connectivity index (χ1n) is 11.1. The molecule has 2 aliphatic heterocycles. The first-order chi connectivity index (χ1) is 14.8. The van der Waals surface area contributed by atoms with E-state index in [-0.39, 0.29) is 42.9 Å². The molecule has 182 valence electrons. The molecule has 2 unspecified atom stereocenters. The average molecular weight is 570 g/mol. The highest BCUT2D eigenvalue weighted by Gasteiger charge is 2.31. The van der Waals surface area contributed by atoms with E-state index in [0.717, 1.165) is 50.7 Å². The van der Waals surface area contributed by atoms with Gasteiger partial charge in [0.15, 0.2) is 5.96 Å². The van der Waals surface area contributed by atoms with E-state index in [1.54, 1.807) is 0 Å². The Morgan fingerprint density at radius 1 is 1.28 bits per heavy atom. The van der Waals surface area contributed by atoms with E-state index in [0.29, 0.717) is 5.92 Å². The van der Waals surface area contributed by atoms with Crippen molar-refractivity contribution >= 4 is 29.9 Å². The third-order valence-electron chi connectivity index (χ3n) is 5.69. The molecule has 2 saturated heterocycles. The smallest absolute Gasteiger partial charge is 0.416 e. The number of benzene rings is 1. The summed E-state index contributed by atoms with van der Waals surface area (Å²) in [6.45, 7) is 8.12. The number of nitrogens with one attached hydrogen (secondary N) is 1. The van der Waals surface area contributed by atoms with Gasteiger partial charge in [0.25, 0.3) is 0 Å². The van der Waals surface area contributed by atoms with Crippen LogP contribution in [0.15, 0.2) is 29.3 Å². The van der Waals surface area contributed by atoms with Crippen molar-refractivity contribution in [1.82, 2.24) is 15.1 Å². The standard InChI is InChI=1S/C22H33F3N4O2.HI/c1-2-26-21(29-11-8-17(15-29)14-28-9-3-4-10-28)27-13-19(30)16-31-20-7-5-6-18(12-20)22(23,24)25;/h5-7,12,17,19,30H,2-4,8-11,13-16H2,1H3,(H,26,27);1H. The third kappa shape index (κ3) is 8.26. The maximum Gasteiger partial charge on any atom is 0.416 e. The van der Waals surface area contributed by atoms with Crippen molar-refractivity contribution in [2.75, 3.05) is 52.4 Å². The van der Waals surface area contributed by atoms with Gasteiger partial charge in [-0.3, -0.25) is 4.99 Å². The van der Waals surface area contributed by atoms with Crippen molar-refractivity contribution in [3.63, 3.8) is 0 Å². The molecule has 32 heavy (non-hydrogen) atoms. The molecular formula is C22H34F3IN4O2. The van der Waals surface area contributed by atoms with Gasteiger partial charge in [-0.1, -0.05) is 6.07 Å². The van der Waals surface area contributed by atoms with Crippen LogP contribution in [0.4, 0.5) is 13.2 Å². The summed E-state index contributed by atoms with van der Waals surface area (Å²) >= 11 is 0. The highest BCUT2D eigenvalue weighted by atomic mass is 127. The lowest BCUT2D eigenvalue weighted by molar-refractivity contribution is -0.137. The summed E-state index contributed by atoms with van der Waals surface area (Å²) < 4.78 is 43.8. The molecule has 0 bridgehead atoms. The topological polar surface area (TPSA) is 60.3 Å². The Kier molecular flexibility index (Phi) is 10.8. The number of nitrogens with zero attached hydrogens (tertiary/aromatic N) is 3. The van der Waals surface area contributed by atoms with Crippen LogP contribution < -0.4 is 10.1 Å². The van der Waals surface area contributed by atoms with Gasteiger partial charge < -0.3 is 25.0 Å². The number of hydrogen-bond acceptors (Lipinski definition) is 4. The van der Waals surface area contributed by atoms with Gasteiger partial charge in [-0.15, -0.1) is 24.0 Å². The molecule has 0 aliphatic carbocycles. The SMILES string of the molecule is CCNC(=NCC(O)COc1cccc(C(F)(F)F)c1)N1CCC(CN2CCCC2)C1.I. The maximum absolute atomic E-state index is 12.8. The number of ether oxygens (including phenoxy) is 1. The number of aliphatic hydroxyl groups is 1. The van der Waals surface area contributed by atoms with E-state index in [2.05, 4.69) is 20.1 Å². The van der Waals surface area contributed by atoms with E-state index in [1.807, 2.05) is 6.92 Å². The van der Waals surface area contributed by atoms with Gasteiger partial charge in [0, 0.05) is 26.2 Å². The highest BCUT2D eigenvalue weighted by molar-refractivity contribution is 14.0. The Morgan fingerprint density at radius 3 is 2.72 bits per heavy atom. The van der Waals surface area contributed by atoms with Gasteiger partial charge in [-0.05, 0) is 63.4 Å². The molecule has 2 atom stereocenters. The molecule has 1 aromatic rings. The minimum absolute atomic E-state index is 0. The van der Waals surface area contributed by atoms with Crippen LogP contribution in [0, 0.1) is 5.92 Å². The zero-order chi connectivity index (χ0) is 22.3. The second-order valence-electron chi connectivity index (χ2n) is 8.29. The molecule has 0 aromatic heterocycles. The number of halogens is 4. The monoisotopic (exact) mass is 570 g/mol. The van der Waals surface area contributed by atoms with Crippen molar-refractivity contribution < 1.29 is 23.0 Å². The molecule has 1 aromatic carbocycles. The molecule has 6 nitrogen and oxygen atoms in total. The summed E-state index contributed by atoms with van der Waals surface area (Å²) in [5.41, 5.74) is -0.774. The molecule has 2 N–H and O–H groups in total. The molecule has 3 rings (SSSR count). The normalized spacial score (nSPS) is 20.8. The van der Waals surface area contributed by atoms with Crippen LogP contribution in [-0.4, -0.2) is 79.4 Å². The van der Waals surface area contributed by atoms with Crippen LogP contribution in [0.3, 0.4) is 0 Å². The summed E-state index contributed by atoms with van der Waals surface area (Å²) in [5.74, 6) is 1.47. The van der Waals surface area contributed by atoms with Crippen molar-refractivity contribution in [3.05, 3.63) is 29.8 Å². The van der Waals surface area contributed by atoms with Crippen molar-refractivity contribution in [2.45, 2.75) is 38.5 Å². The number of aliphatic imine (C=N–C) groups is 1. The van der Waals surface area contributed by atoms with E-state index in [1.165, 1.54) is 38.1 Å². The Balaban J connectivity index is 0.00000363. The Labute approximate surface area is 205 Å². The molecule has 10 heteroatoms. The second-order valence-corrected chi connectivity index (χ2v) is 8.29. The zero-order valence-corrected chi connectivity index (χ0v) is 20.8. The number of hydrogen-bond donors (Lipinski definition) is 2. The predicted octanol–water partition coefficient (Wildman–Crippen LogP) is 3.45. The molecule has 0 amide bonds. The van der Waals surface area contributed by atoms with E-state index in [9.17, 15) is 18.3 Å². The fourth-order valence-electron chi connectivity index (χ4n) is 4.13. The van der Waals surface area contributed by atoms with Crippen LogP contribution in [0.1, 0.15) is 31.7 Å². The van der Waals surface area contributed by atoms with Gasteiger partial charge in [0.05, 0.1) is 12.1 Å². The minimum atomic E-state index is -4.43. The fourth-order valence-corrected chi connectivity index (χ4v) is 4.13. The number of likely N-dealkylation sites (tertiary alicyclic amines) is 2. The van der Waals surface area contributed by atoms with Crippen LogP contribution in [0.2, 0.25) is 0 Å². The van der Waals surface area contributed by atoms with Crippen LogP contribution in [-0.2, 0) is 6.18 Å². The second kappa shape index (κ2) is 12.8. The molecule has 2 heterocycles. The van der Waals surface area contributed by atoms with E-state index in [4.69, 9.17) is 4.74 Å². The summed E-state index contributed by atoms with van der Waals surface area (Å²) in [5, 5.41) is 13.5. The number of rotatable bonds is 8. The van der Waals surface area contributed by atoms with E-state index < -0.39 is 17.8 Å². The largest absolute Gasteiger partial charge is 0.491 e. The van der Waals surface area contributed by atoms with Crippen LogP contribution >= 0.6 is 24.0 Å². The Hall–Kier alpha value is -1.27. The lowest BCUT2D eigenvalue weighted by atomic mass is 10.1. The van der Waals surface area contributed by atoms with Gasteiger partial charge in [-0.2, -0.15) is 13.2 Å². The number of guanidine groups is 1. The molecular weight excluding hydrogens is 536 g/mol. The van der Waals surface area contributed by atoms with E-state index >= 15 is 0 Å². The molecule has 0 spiro atoms. The number of aliphatic hydroxyl groups excluding tert-OH is 1. The quantitative estimate of drug-likeness (QED) is 0.285. The average Bonchev–Trinajstić information content (AvgIpc) is 3.42. The van der Waals surface area contributed by atoms with Crippen molar-refractivity contribution in [1.29, 1.82) is 0 Å². The Morgan fingerprint density at radius 2 is 2.03 bits per heavy atom. The predicted molar refractivity (Wildman–Crippen MR) is 130 cm³/mol. The summed E-state index contributed by atoms with van der Waals surface area (Å²) in [4.78, 5) is 9.30. The summed E-state index contributed by atoms with van der Waals surface area (Å²) in [6, 6.07) is 4.66.